The van der Waals surface area contributed by atoms with Gasteiger partial charge in [0.2, 0.25) is 0 Å². The molecule has 0 radical (unpaired) electrons. The number of hydrogen-bond acceptors (Lipinski definition) is 4. The summed E-state index contributed by atoms with van der Waals surface area (Å²) in [6, 6.07) is 0. The molecule has 0 aromatic rings. The minimum atomic E-state index is -1.17. The van der Waals surface area contributed by atoms with Crippen LogP contribution < -0.4 is 11.1 Å². The Kier molecular flexibility index (Phi) is 8.94. The van der Waals surface area contributed by atoms with E-state index in [0.717, 1.165) is 45.2 Å². The Morgan fingerprint density at radius 1 is 1.19 bits per heavy atom. The van der Waals surface area contributed by atoms with Crippen LogP contribution in [0, 0.1) is 0 Å². The van der Waals surface area contributed by atoms with Crippen molar-refractivity contribution >= 4 is 7.12 Å². The summed E-state index contributed by atoms with van der Waals surface area (Å²) in [5.41, 5.74) is 6.01. The number of nitrogens with two attached hydrogens (primary N) is 1. The van der Waals surface area contributed by atoms with E-state index in [-0.39, 0.29) is 5.54 Å². The van der Waals surface area contributed by atoms with Crippen LogP contribution in [-0.2, 0) is 0 Å². The maximum absolute atomic E-state index is 8.70. The minimum Gasteiger partial charge on any atom is -0.427 e. The lowest BCUT2D eigenvalue weighted by Gasteiger charge is -2.24. The van der Waals surface area contributed by atoms with Crippen LogP contribution in [0.1, 0.15) is 46.0 Å². The van der Waals surface area contributed by atoms with Crippen LogP contribution in [-0.4, -0.2) is 35.8 Å². The van der Waals surface area contributed by atoms with Crippen molar-refractivity contribution in [1.82, 2.24) is 5.32 Å². The van der Waals surface area contributed by atoms with E-state index in [1.807, 2.05) is 0 Å². The quantitative estimate of drug-likeness (QED) is 0.329. The number of rotatable bonds is 10. The van der Waals surface area contributed by atoms with Crippen molar-refractivity contribution in [2.45, 2.75) is 57.8 Å². The van der Waals surface area contributed by atoms with E-state index in [0.29, 0.717) is 6.32 Å². The maximum Gasteiger partial charge on any atom is 0.451 e. The van der Waals surface area contributed by atoms with E-state index in [1.165, 1.54) is 0 Å². The van der Waals surface area contributed by atoms with E-state index < -0.39 is 7.12 Å². The molecular formula is C11H27BN2O2. The van der Waals surface area contributed by atoms with Gasteiger partial charge in [-0.3, -0.25) is 0 Å². The third kappa shape index (κ3) is 10.4. The molecule has 0 saturated carbocycles. The van der Waals surface area contributed by atoms with E-state index in [1.54, 1.807) is 0 Å². The predicted octanol–water partition coefficient (Wildman–Crippen LogP) is 0.737. The van der Waals surface area contributed by atoms with Crippen molar-refractivity contribution in [1.29, 1.82) is 0 Å². The monoisotopic (exact) mass is 230 g/mol. The van der Waals surface area contributed by atoms with Gasteiger partial charge in [-0.2, -0.15) is 0 Å². The first-order chi connectivity index (χ1) is 7.48. The molecule has 0 aliphatic rings. The second-order valence-electron chi connectivity index (χ2n) is 4.88. The first-order valence-electron chi connectivity index (χ1n) is 6.33. The molecule has 96 valence electrons. The van der Waals surface area contributed by atoms with Gasteiger partial charge in [-0.1, -0.05) is 19.8 Å². The molecule has 16 heavy (non-hydrogen) atoms. The zero-order chi connectivity index (χ0) is 12.4. The van der Waals surface area contributed by atoms with Gasteiger partial charge < -0.3 is 21.1 Å². The fourth-order valence-electron chi connectivity index (χ4n) is 1.66. The first kappa shape index (κ1) is 15.9. The van der Waals surface area contributed by atoms with Crippen LogP contribution in [0.25, 0.3) is 0 Å². The highest BCUT2D eigenvalue weighted by Gasteiger charge is 2.17. The van der Waals surface area contributed by atoms with Gasteiger partial charge in [-0.25, -0.2) is 0 Å². The molecule has 5 heteroatoms. The molecule has 0 aromatic carbocycles. The van der Waals surface area contributed by atoms with Crippen molar-refractivity contribution in [3.8, 4) is 0 Å². The summed E-state index contributed by atoms with van der Waals surface area (Å²) >= 11 is 0. The van der Waals surface area contributed by atoms with Gasteiger partial charge in [-0.15, -0.1) is 0 Å². The van der Waals surface area contributed by atoms with Crippen LogP contribution in [0.4, 0.5) is 0 Å². The average Bonchev–Trinajstić information content (AvgIpc) is 2.19. The summed E-state index contributed by atoms with van der Waals surface area (Å²) in [5.74, 6) is 0. The summed E-state index contributed by atoms with van der Waals surface area (Å²) in [6.45, 7) is 6.22. The van der Waals surface area contributed by atoms with Crippen LogP contribution in [0.5, 0.6) is 0 Å². The first-order valence-corrected chi connectivity index (χ1v) is 6.33. The normalized spacial score (nSPS) is 14.8. The molecular weight excluding hydrogens is 203 g/mol. The highest BCUT2D eigenvalue weighted by atomic mass is 16.4. The topological polar surface area (TPSA) is 78.5 Å². The zero-order valence-electron chi connectivity index (χ0n) is 10.7. The third-order valence-electron chi connectivity index (χ3n) is 2.76. The van der Waals surface area contributed by atoms with Gasteiger partial charge in [0.25, 0.3) is 0 Å². The van der Waals surface area contributed by atoms with Crippen molar-refractivity contribution < 1.29 is 10.0 Å². The molecule has 1 unspecified atom stereocenters. The number of hydrogen-bond donors (Lipinski definition) is 4. The molecule has 0 amide bonds. The second kappa shape index (κ2) is 8.99. The smallest absolute Gasteiger partial charge is 0.427 e. The van der Waals surface area contributed by atoms with Gasteiger partial charge in [0.1, 0.15) is 0 Å². The van der Waals surface area contributed by atoms with Crippen LogP contribution >= 0.6 is 0 Å². The molecule has 0 fully saturated rings. The van der Waals surface area contributed by atoms with E-state index in [2.05, 4.69) is 19.2 Å². The summed E-state index contributed by atoms with van der Waals surface area (Å²) in [5, 5.41) is 20.7. The Morgan fingerprint density at radius 3 is 2.44 bits per heavy atom. The Labute approximate surface area is 99.8 Å². The average molecular weight is 230 g/mol. The molecule has 0 aliphatic carbocycles. The lowest BCUT2D eigenvalue weighted by molar-refractivity contribution is 0.369. The molecule has 0 aliphatic heterocycles. The molecule has 1 atom stereocenters. The van der Waals surface area contributed by atoms with E-state index in [4.69, 9.17) is 15.8 Å². The summed E-state index contributed by atoms with van der Waals surface area (Å²) in [7, 11) is -1.17. The molecule has 0 heterocycles. The number of nitrogens with one attached hydrogen (secondary N) is 1. The number of unbranched alkanes of at least 4 members (excludes halogenated alkanes) is 1. The zero-order valence-corrected chi connectivity index (χ0v) is 10.7. The standard InChI is InChI=1S/C11H27BN2O2/c1-3-9-14-10-7-11(2,13)6-4-5-8-12(15)16/h14-16H,3-10,13H2,1-2H3. The SMILES string of the molecule is CCCNCCC(C)(N)CCCCB(O)O. The van der Waals surface area contributed by atoms with E-state index >= 15 is 0 Å². The fourth-order valence-corrected chi connectivity index (χ4v) is 1.66. The van der Waals surface area contributed by atoms with Crippen molar-refractivity contribution in [3.63, 3.8) is 0 Å². The molecule has 5 N–H and O–H groups in total. The summed E-state index contributed by atoms with van der Waals surface area (Å²) in [4.78, 5) is 0. The lowest BCUT2D eigenvalue weighted by atomic mass is 9.82. The van der Waals surface area contributed by atoms with Gasteiger partial charge in [-0.05, 0) is 45.6 Å². The highest BCUT2D eigenvalue weighted by Crippen LogP contribution is 2.15. The van der Waals surface area contributed by atoms with Gasteiger partial charge in [0.05, 0.1) is 0 Å². The highest BCUT2D eigenvalue weighted by molar-refractivity contribution is 6.40. The molecule has 0 spiro atoms. The van der Waals surface area contributed by atoms with E-state index in [9.17, 15) is 0 Å². The van der Waals surface area contributed by atoms with Crippen molar-refractivity contribution in [2.24, 2.45) is 5.73 Å². The summed E-state index contributed by atoms with van der Waals surface area (Å²) in [6.07, 6.45) is 5.29. The van der Waals surface area contributed by atoms with Crippen molar-refractivity contribution in [3.05, 3.63) is 0 Å². The van der Waals surface area contributed by atoms with Crippen molar-refractivity contribution in [2.75, 3.05) is 13.1 Å². The fraction of sp³-hybridized carbons (Fsp3) is 1.00. The third-order valence-corrected chi connectivity index (χ3v) is 2.76. The lowest BCUT2D eigenvalue weighted by Crippen LogP contribution is -2.39. The van der Waals surface area contributed by atoms with Crippen LogP contribution in [0.2, 0.25) is 6.32 Å². The van der Waals surface area contributed by atoms with Gasteiger partial charge >= 0.3 is 7.12 Å². The second-order valence-corrected chi connectivity index (χ2v) is 4.88. The van der Waals surface area contributed by atoms with Crippen LogP contribution in [0.3, 0.4) is 0 Å². The Bertz CT molecular complexity index is 166. The minimum absolute atomic E-state index is 0.138. The molecule has 4 nitrogen and oxygen atoms in total. The Balaban J connectivity index is 3.46. The maximum atomic E-state index is 8.70. The Hall–Kier alpha value is -0.0951. The molecule has 0 bridgehead atoms. The van der Waals surface area contributed by atoms with Crippen LogP contribution in [0.15, 0.2) is 0 Å². The summed E-state index contributed by atoms with van der Waals surface area (Å²) < 4.78 is 0. The largest absolute Gasteiger partial charge is 0.451 e. The molecule has 0 saturated heterocycles. The van der Waals surface area contributed by atoms with Gasteiger partial charge in [0.15, 0.2) is 0 Å². The Morgan fingerprint density at radius 2 is 1.88 bits per heavy atom. The molecule has 0 rings (SSSR count). The molecule has 0 aromatic heterocycles. The van der Waals surface area contributed by atoms with Gasteiger partial charge in [0, 0.05) is 5.54 Å². The predicted molar refractivity (Wildman–Crippen MR) is 69.2 cm³/mol.